The average molecular weight is 346 g/mol. The third-order valence-electron chi connectivity index (χ3n) is 4.43. The van der Waals surface area contributed by atoms with Crippen LogP contribution < -0.4 is 10.3 Å². The zero-order chi connectivity index (χ0) is 18.3. The number of carbonyl (C=O) groups is 1. The number of carbonyl (C=O) groups excluding carboxylic acids is 1. The van der Waals surface area contributed by atoms with Gasteiger partial charge < -0.3 is 9.72 Å². The number of rotatable bonds is 4. The van der Waals surface area contributed by atoms with Crippen LogP contribution in [-0.4, -0.2) is 21.8 Å². The van der Waals surface area contributed by atoms with Gasteiger partial charge >= 0.3 is 0 Å². The average Bonchev–Trinajstić information content (AvgIpc) is 2.99. The van der Waals surface area contributed by atoms with E-state index in [4.69, 9.17) is 4.74 Å². The molecular formula is C21H18N2O3. The van der Waals surface area contributed by atoms with E-state index in [1.54, 1.807) is 4.40 Å². The largest absolute Gasteiger partial charge is 0.478 e. The van der Waals surface area contributed by atoms with Crippen LogP contribution in [0.3, 0.4) is 0 Å². The van der Waals surface area contributed by atoms with Crippen LogP contribution in [0.1, 0.15) is 24.2 Å². The number of benzene rings is 2. The first-order chi connectivity index (χ1) is 12.6. The summed E-state index contributed by atoms with van der Waals surface area (Å²) in [5.74, 6) is 0.274. The molecule has 0 fully saturated rings. The molecule has 4 rings (SSSR count). The van der Waals surface area contributed by atoms with Crippen LogP contribution in [-0.2, 0) is 0 Å². The Balaban J connectivity index is 2.30. The number of fused-ring (bicyclic) bond motifs is 3. The molecule has 5 nitrogen and oxygen atoms in total. The van der Waals surface area contributed by atoms with E-state index in [2.05, 4.69) is 4.98 Å². The van der Waals surface area contributed by atoms with Crippen LogP contribution in [0.2, 0.25) is 0 Å². The number of aromatic amines is 1. The number of Topliss-reactive ketones (excluding diaryl/α,β-unsaturated/α-hetero) is 1. The molecule has 4 aromatic rings. The van der Waals surface area contributed by atoms with E-state index in [1.165, 1.54) is 6.92 Å². The molecule has 0 bridgehead atoms. The lowest BCUT2D eigenvalue weighted by Crippen LogP contribution is -2.11. The van der Waals surface area contributed by atoms with E-state index >= 15 is 0 Å². The topological polar surface area (TPSA) is 63.6 Å². The van der Waals surface area contributed by atoms with Gasteiger partial charge in [0, 0.05) is 5.56 Å². The summed E-state index contributed by atoms with van der Waals surface area (Å²) in [5, 5.41) is 0. The van der Waals surface area contributed by atoms with Gasteiger partial charge in [0.15, 0.2) is 5.78 Å². The molecule has 5 heteroatoms. The van der Waals surface area contributed by atoms with E-state index in [9.17, 15) is 9.59 Å². The quantitative estimate of drug-likeness (QED) is 0.567. The second-order valence-corrected chi connectivity index (χ2v) is 6.07. The first-order valence-electron chi connectivity index (χ1n) is 8.52. The van der Waals surface area contributed by atoms with E-state index in [1.807, 2.05) is 61.5 Å². The van der Waals surface area contributed by atoms with Crippen molar-refractivity contribution in [1.82, 2.24) is 9.38 Å². The summed E-state index contributed by atoms with van der Waals surface area (Å²) in [6.07, 6.45) is 0. The highest BCUT2D eigenvalue weighted by Crippen LogP contribution is 2.38. The van der Waals surface area contributed by atoms with Crippen molar-refractivity contribution in [3.05, 3.63) is 70.5 Å². The molecule has 0 unspecified atom stereocenters. The summed E-state index contributed by atoms with van der Waals surface area (Å²) in [5.41, 5.74) is 3.49. The summed E-state index contributed by atoms with van der Waals surface area (Å²) >= 11 is 0. The number of aromatic nitrogens is 2. The highest BCUT2D eigenvalue weighted by atomic mass is 16.5. The van der Waals surface area contributed by atoms with Crippen molar-refractivity contribution >= 4 is 22.3 Å². The minimum absolute atomic E-state index is 0.139. The number of nitrogens with zero attached hydrogens (tertiary/aromatic N) is 1. The van der Waals surface area contributed by atoms with E-state index in [-0.39, 0.29) is 11.3 Å². The van der Waals surface area contributed by atoms with Crippen molar-refractivity contribution in [3.63, 3.8) is 0 Å². The Hall–Kier alpha value is -3.34. The lowest BCUT2D eigenvalue weighted by molar-refractivity contribution is 0.101. The SMILES string of the molecule is CCOc1c(C(C)=O)c(-c2ccccc2)c2c(=O)[nH]c3ccccc3n12. The smallest absolute Gasteiger partial charge is 0.273 e. The second kappa shape index (κ2) is 6.19. The fourth-order valence-electron chi connectivity index (χ4n) is 3.44. The number of hydrogen-bond acceptors (Lipinski definition) is 3. The number of hydrogen-bond donors (Lipinski definition) is 1. The first kappa shape index (κ1) is 16.1. The monoisotopic (exact) mass is 346 g/mol. The highest BCUT2D eigenvalue weighted by Gasteiger charge is 2.27. The molecule has 2 heterocycles. The molecule has 0 atom stereocenters. The van der Waals surface area contributed by atoms with Gasteiger partial charge in [0.25, 0.3) is 5.56 Å². The Morgan fingerprint density at radius 3 is 2.46 bits per heavy atom. The van der Waals surface area contributed by atoms with Crippen molar-refractivity contribution in [2.45, 2.75) is 13.8 Å². The molecular weight excluding hydrogens is 328 g/mol. The molecule has 0 aliphatic heterocycles. The van der Waals surface area contributed by atoms with Crippen molar-refractivity contribution < 1.29 is 9.53 Å². The van der Waals surface area contributed by atoms with Crippen molar-refractivity contribution in [2.75, 3.05) is 6.61 Å². The lowest BCUT2D eigenvalue weighted by atomic mass is 10.0. The first-order valence-corrected chi connectivity index (χ1v) is 8.52. The van der Waals surface area contributed by atoms with Crippen LogP contribution in [0.5, 0.6) is 5.88 Å². The highest BCUT2D eigenvalue weighted by molar-refractivity contribution is 6.09. The third kappa shape index (κ3) is 2.32. The van der Waals surface area contributed by atoms with E-state index in [0.717, 1.165) is 11.1 Å². The van der Waals surface area contributed by atoms with Crippen LogP contribution >= 0.6 is 0 Å². The van der Waals surface area contributed by atoms with Gasteiger partial charge in [-0.25, -0.2) is 0 Å². The minimum atomic E-state index is -0.254. The van der Waals surface area contributed by atoms with Crippen LogP contribution in [0, 0.1) is 0 Å². The van der Waals surface area contributed by atoms with Gasteiger partial charge in [-0.2, -0.15) is 0 Å². The molecule has 0 saturated carbocycles. The van der Waals surface area contributed by atoms with Crippen LogP contribution in [0.15, 0.2) is 59.4 Å². The predicted molar refractivity (Wildman–Crippen MR) is 102 cm³/mol. The minimum Gasteiger partial charge on any atom is -0.478 e. The molecule has 1 N–H and O–H groups in total. The molecule has 0 aliphatic rings. The van der Waals surface area contributed by atoms with Gasteiger partial charge in [0.05, 0.1) is 23.2 Å². The summed E-state index contributed by atoms with van der Waals surface area (Å²) in [7, 11) is 0. The third-order valence-corrected chi connectivity index (χ3v) is 4.43. The summed E-state index contributed by atoms with van der Waals surface area (Å²) in [6, 6.07) is 17.0. The summed E-state index contributed by atoms with van der Waals surface area (Å²) in [6.45, 7) is 3.75. The van der Waals surface area contributed by atoms with Gasteiger partial charge in [0.2, 0.25) is 5.88 Å². The maximum atomic E-state index is 12.9. The summed E-state index contributed by atoms with van der Waals surface area (Å²) in [4.78, 5) is 28.4. The summed E-state index contributed by atoms with van der Waals surface area (Å²) < 4.78 is 7.63. The van der Waals surface area contributed by atoms with Crippen molar-refractivity contribution in [1.29, 1.82) is 0 Å². The van der Waals surface area contributed by atoms with Gasteiger partial charge in [-0.05, 0) is 31.5 Å². The standard InChI is InChI=1S/C21H18N2O3/c1-3-26-21-17(13(2)24)18(14-9-5-4-6-10-14)19-20(25)22-15-11-7-8-12-16(15)23(19)21/h4-12H,3H2,1-2H3,(H,22,25). The molecule has 0 aliphatic carbocycles. The molecule has 2 aromatic carbocycles. The van der Waals surface area contributed by atoms with Crippen LogP contribution in [0.4, 0.5) is 0 Å². The van der Waals surface area contributed by atoms with Gasteiger partial charge in [-0.1, -0.05) is 42.5 Å². The Bertz CT molecular complexity index is 1190. The maximum absolute atomic E-state index is 12.9. The molecule has 2 aromatic heterocycles. The molecule has 0 saturated heterocycles. The molecule has 0 spiro atoms. The van der Waals surface area contributed by atoms with Crippen molar-refractivity contribution in [3.8, 4) is 17.0 Å². The Kier molecular flexibility index (Phi) is 3.84. The van der Waals surface area contributed by atoms with Crippen molar-refractivity contribution in [2.24, 2.45) is 0 Å². The van der Waals surface area contributed by atoms with Gasteiger partial charge in [-0.15, -0.1) is 0 Å². The fourth-order valence-corrected chi connectivity index (χ4v) is 3.44. The second-order valence-electron chi connectivity index (χ2n) is 6.07. The zero-order valence-electron chi connectivity index (χ0n) is 14.6. The number of para-hydroxylation sites is 2. The number of nitrogens with one attached hydrogen (secondary N) is 1. The molecule has 130 valence electrons. The Morgan fingerprint density at radius 2 is 1.77 bits per heavy atom. The Labute approximate surface area is 149 Å². The van der Waals surface area contributed by atoms with Crippen LogP contribution in [0.25, 0.3) is 27.7 Å². The van der Waals surface area contributed by atoms with E-state index in [0.29, 0.717) is 34.6 Å². The lowest BCUT2D eigenvalue weighted by Gasteiger charge is -2.08. The normalized spacial score (nSPS) is 11.2. The van der Waals surface area contributed by atoms with Gasteiger partial charge in [-0.3, -0.25) is 14.0 Å². The van der Waals surface area contributed by atoms with E-state index < -0.39 is 0 Å². The number of H-pyrrole nitrogens is 1. The number of ether oxygens (including phenoxy) is 1. The Morgan fingerprint density at radius 1 is 1.08 bits per heavy atom. The molecule has 0 radical (unpaired) electrons. The molecule has 26 heavy (non-hydrogen) atoms. The zero-order valence-corrected chi connectivity index (χ0v) is 14.6. The fraction of sp³-hybridized carbons (Fsp3) is 0.143. The van der Waals surface area contributed by atoms with Gasteiger partial charge in [0.1, 0.15) is 5.52 Å². The molecule has 0 amide bonds. The predicted octanol–water partition coefficient (Wildman–Crippen LogP) is 4.05. The number of ketones is 1. The maximum Gasteiger partial charge on any atom is 0.273 e.